The summed E-state index contributed by atoms with van der Waals surface area (Å²) in [5, 5.41) is 3.43. The molecule has 1 atom stereocenters. The van der Waals surface area contributed by atoms with Crippen LogP contribution in [0.1, 0.15) is 18.9 Å². The maximum Gasteiger partial charge on any atom is 0.237 e. The molecule has 0 spiro atoms. The van der Waals surface area contributed by atoms with Gasteiger partial charge in [0.2, 0.25) is 5.91 Å². The van der Waals surface area contributed by atoms with Gasteiger partial charge in [0, 0.05) is 6.54 Å². The van der Waals surface area contributed by atoms with E-state index in [2.05, 4.69) is 5.32 Å². The Morgan fingerprint density at radius 3 is 2.67 bits per heavy atom. The lowest BCUT2D eigenvalue weighted by molar-refractivity contribution is -0.125. The molecular weight excluding hydrogens is 250 g/mol. The summed E-state index contributed by atoms with van der Waals surface area (Å²) in [4.78, 5) is 13.8. The highest BCUT2D eigenvalue weighted by atomic mass is 35.5. The average molecular weight is 270 g/mol. The van der Waals surface area contributed by atoms with Crippen LogP contribution in [-0.2, 0) is 11.3 Å². The van der Waals surface area contributed by atoms with Gasteiger partial charge in [0.25, 0.3) is 0 Å². The topological polar surface area (TPSA) is 58.4 Å². The van der Waals surface area contributed by atoms with Gasteiger partial charge in [-0.05, 0) is 38.2 Å². The fourth-order valence-corrected chi connectivity index (χ4v) is 1.91. The molecule has 0 saturated heterocycles. The van der Waals surface area contributed by atoms with Gasteiger partial charge < -0.3 is 11.1 Å². The maximum absolute atomic E-state index is 11.9. The molecule has 1 aromatic rings. The number of rotatable bonds is 5. The fourth-order valence-electron chi connectivity index (χ4n) is 1.80. The molecule has 4 nitrogen and oxygen atoms in total. The molecule has 1 rings (SSSR count). The Morgan fingerprint density at radius 1 is 1.50 bits per heavy atom. The molecule has 3 N–H and O–H groups in total. The van der Waals surface area contributed by atoms with E-state index in [1.54, 1.807) is 12.1 Å². The molecule has 5 heteroatoms. The Kier molecular flexibility index (Phi) is 5.44. The molecule has 1 amide bonds. The third kappa shape index (κ3) is 3.89. The second kappa shape index (κ2) is 6.61. The molecule has 0 aliphatic rings. The lowest BCUT2D eigenvalue weighted by Crippen LogP contribution is -2.42. The Morgan fingerprint density at radius 2 is 2.17 bits per heavy atom. The van der Waals surface area contributed by atoms with Crippen molar-refractivity contribution in [2.75, 3.05) is 19.8 Å². The zero-order chi connectivity index (χ0) is 13.7. The molecule has 0 aliphatic heterocycles. The van der Waals surface area contributed by atoms with Crippen molar-refractivity contribution in [3.8, 4) is 0 Å². The first kappa shape index (κ1) is 14.8. The molecule has 0 radical (unpaired) electrons. The van der Waals surface area contributed by atoms with Crippen molar-refractivity contribution in [3.63, 3.8) is 0 Å². The Labute approximate surface area is 113 Å². The minimum Gasteiger partial charge on any atom is -0.398 e. The third-order valence-electron chi connectivity index (χ3n) is 2.84. The number of amides is 1. The summed E-state index contributed by atoms with van der Waals surface area (Å²) in [6, 6.07) is 5.27. The summed E-state index contributed by atoms with van der Waals surface area (Å²) in [6.07, 6.45) is 0.779. The average Bonchev–Trinajstić information content (AvgIpc) is 2.31. The highest BCUT2D eigenvalue weighted by Gasteiger charge is 2.17. The highest BCUT2D eigenvalue weighted by molar-refractivity contribution is 6.33. The normalized spacial score (nSPS) is 12.5. The molecular formula is C13H20ClN3O. The van der Waals surface area contributed by atoms with E-state index in [0.29, 0.717) is 17.3 Å². The van der Waals surface area contributed by atoms with Crippen LogP contribution >= 0.6 is 11.6 Å². The predicted molar refractivity (Wildman–Crippen MR) is 75.5 cm³/mol. The van der Waals surface area contributed by atoms with E-state index < -0.39 is 0 Å². The van der Waals surface area contributed by atoms with E-state index in [1.807, 2.05) is 32.0 Å². The standard InChI is InChI=1S/C13H20ClN3O/c1-4-12(17(2)3)13(18)16-8-9-5-6-10(14)11(15)7-9/h5-7,12H,4,8,15H2,1-3H3,(H,16,18). The van der Waals surface area contributed by atoms with Crippen LogP contribution in [0.5, 0.6) is 0 Å². The number of hydrogen-bond donors (Lipinski definition) is 2. The number of carbonyl (C=O) groups is 1. The van der Waals surface area contributed by atoms with E-state index in [9.17, 15) is 4.79 Å². The summed E-state index contributed by atoms with van der Waals surface area (Å²) >= 11 is 5.84. The second-order valence-electron chi connectivity index (χ2n) is 4.46. The van der Waals surface area contributed by atoms with Crippen molar-refractivity contribution in [2.45, 2.75) is 25.9 Å². The first-order valence-electron chi connectivity index (χ1n) is 5.93. The second-order valence-corrected chi connectivity index (χ2v) is 4.87. The van der Waals surface area contributed by atoms with Crippen LogP contribution in [-0.4, -0.2) is 30.9 Å². The van der Waals surface area contributed by atoms with Crippen LogP contribution < -0.4 is 11.1 Å². The smallest absolute Gasteiger partial charge is 0.237 e. The fraction of sp³-hybridized carbons (Fsp3) is 0.462. The van der Waals surface area contributed by atoms with Gasteiger partial charge in [-0.1, -0.05) is 24.6 Å². The predicted octanol–water partition coefficient (Wildman–Crippen LogP) is 1.88. The summed E-state index contributed by atoms with van der Waals surface area (Å²) in [7, 11) is 3.79. The van der Waals surface area contributed by atoms with Gasteiger partial charge >= 0.3 is 0 Å². The Hall–Kier alpha value is -1.26. The molecule has 0 bridgehead atoms. The molecule has 0 aromatic heterocycles. The van der Waals surface area contributed by atoms with Crippen molar-refractivity contribution >= 4 is 23.2 Å². The monoisotopic (exact) mass is 269 g/mol. The Balaban J connectivity index is 2.59. The molecule has 100 valence electrons. The van der Waals surface area contributed by atoms with Crippen molar-refractivity contribution in [3.05, 3.63) is 28.8 Å². The maximum atomic E-state index is 11.9. The third-order valence-corrected chi connectivity index (χ3v) is 3.18. The number of nitrogens with one attached hydrogen (secondary N) is 1. The molecule has 0 aliphatic carbocycles. The zero-order valence-electron chi connectivity index (χ0n) is 11.0. The minimum absolute atomic E-state index is 0.0241. The first-order valence-corrected chi connectivity index (χ1v) is 6.31. The number of nitrogen functional groups attached to an aromatic ring is 1. The van der Waals surface area contributed by atoms with Crippen LogP contribution in [0.25, 0.3) is 0 Å². The number of halogens is 1. The van der Waals surface area contributed by atoms with Crippen LogP contribution in [0.15, 0.2) is 18.2 Å². The van der Waals surface area contributed by atoms with E-state index in [0.717, 1.165) is 12.0 Å². The lowest BCUT2D eigenvalue weighted by Gasteiger charge is -2.21. The summed E-state index contributed by atoms with van der Waals surface area (Å²) in [6.45, 7) is 2.45. The first-order chi connectivity index (χ1) is 8.45. The van der Waals surface area contributed by atoms with Crippen molar-refractivity contribution < 1.29 is 4.79 Å². The minimum atomic E-state index is -0.102. The van der Waals surface area contributed by atoms with E-state index in [1.165, 1.54) is 0 Å². The van der Waals surface area contributed by atoms with Gasteiger partial charge in [-0.25, -0.2) is 0 Å². The quantitative estimate of drug-likeness (QED) is 0.803. The number of hydrogen-bond acceptors (Lipinski definition) is 3. The van der Waals surface area contributed by atoms with Crippen LogP contribution in [0, 0.1) is 0 Å². The van der Waals surface area contributed by atoms with Gasteiger partial charge in [-0.2, -0.15) is 0 Å². The van der Waals surface area contributed by atoms with Crippen molar-refractivity contribution in [1.29, 1.82) is 0 Å². The van der Waals surface area contributed by atoms with E-state index in [-0.39, 0.29) is 11.9 Å². The summed E-state index contributed by atoms with van der Waals surface area (Å²) in [5.74, 6) is 0.0241. The summed E-state index contributed by atoms with van der Waals surface area (Å²) < 4.78 is 0. The highest BCUT2D eigenvalue weighted by Crippen LogP contribution is 2.19. The van der Waals surface area contributed by atoms with Gasteiger partial charge in [-0.15, -0.1) is 0 Å². The number of carbonyl (C=O) groups excluding carboxylic acids is 1. The van der Waals surface area contributed by atoms with Crippen LogP contribution in [0.3, 0.4) is 0 Å². The summed E-state index contributed by atoms with van der Waals surface area (Å²) in [5.41, 5.74) is 7.18. The number of benzene rings is 1. The lowest BCUT2D eigenvalue weighted by atomic mass is 10.1. The van der Waals surface area contributed by atoms with Crippen LogP contribution in [0.2, 0.25) is 5.02 Å². The molecule has 0 heterocycles. The molecule has 0 saturated carbocycles. The number of nitrogens with two attached hydrogens (primary N) is 1. The van der Waals surface area contributed by atoms with Gasteiger partial charge in [0.1, 0.15) is 0 Å². The van der Waals surface area contributed by atoms with Crippen LogP contribution in [0.4, 0.5) is 5.69 Å². The molecule has 1 aromatic carbocycles. The number of nitrogens with zero attached hydrogens (tertiary/aromatic N) is 1. The number of likely N-dealkylation sites (N-methyl/N-ethyl adjacent to an activating group) is 1. The van der Waals surface area contributed by atoms with Gasteiger partial charge in [0.05, 0.1) is 16.8 Å². The van der Waals surface area contributed by atoms with Gasteiger partial charge in [0.15, 0.2) is 0 Å². The van der Waals surface area contributed by atoms with E-state index >= 15 is 0 Å². The largest absolute Gasteiger partial charge is 0.398 e. The Bertz CT molecular complexity index is 421. The SMILES string of the molecule is CCC(C(=O)NCc1ccc(Cl)c(N)c1)N(C)C. The number of anilines is 1. The zero-order valence-corrected chi connectivity index (χ0v) is 11.8. The van der Waals surface area contributed by atoms with Crippen molar-refractivity contribution in [2.24, 2.45) is 0 Å². The van der Waals surface area contributed by atoms with Gasteiger partial charge in [-0.3, -0.25) is 9.69 Å². The van der Waals surface area contributed by atoms with E-state index in [4.69, 9.17) is 17.3 Å². The molecule has 0 fully saturated rings. The van der Waals surface area contributed by atoms with Crippen molar-refractivity contribution in [1.82, 2.24) is 10.2 Å². The molecule has 1 unspecified atom stereocenters. The molecule has 18 heavy (non-hydrogen) atoms.